The van der Waals surface area contributed by atoms with Crippen molar-refractivity contribution in [1.82, 2.24) is 14.5 Å². The molecule has 0 atom stereocenters. The first-order valence-electron chi connectivity index (χ1n) is 13.0. The van der Waals surface area contributed by atoms with Crippen LogP contribution in [0, 0.1) is 5.82 Å². The molecule has 0 fully saturated rings. The van der Waals surface area contributed by atoms with Crippen LogP contribution in [0.25, 0.3) is 22.6 Å². The minimum absolute atomic E-state index is 0.245. The second kappa shape index (κ2) is 12.5. The van der Waals surface area contributed by atoms with Crippen LogP contribution in [-0.4, -0.2) is 26.1 Å². The standard InChI is InChI=1S/C31H36FN3O/c1-3-5-20-34(22-24-12-18-28(36)19-13-24)23-29-30(25-14-16-27(32)17-15-25)33-31(35(29)21-6-4-2)26-10-8-7-9-11-26/h7-19,36H,3-6,20-23H2,1-2H3. The van der Waals surface area contributed by atoms with Gasteiger partial charge in [-0.15, -0.1) is 0 Å². The van der Waals surface area contributed by atoms with Gasteiger partial charge >= 0.3 is 0 Å². The molecular weight excluding hydrogens is 449 g/mol. The van der Waals surface area contributed by atoms with Crippen LogP contribution in [0.3, 0.4) is 0 Å². The van der Waals surface area contributed by atoms with Gasteiger partial charge in [0.15, 0.2) is 0 Å². The minimum Gasteiger partial charge on any atom is -0.508 e. The van der Waals surface area contributed by atoms with E-state index in [-0.39, 0.29) is 11.6 Å². The molecule has 1 aromatic heterocycles. The molecule has 4 nitrogen and oxygen atoms in total. The lowest BCUT2D eigenvalue weighted by molar-refractivity contribution is 0.246. The topological polar surface area (TPSA) is 41.3 Å². The maximum absolute atomic E-state index is 13.8. The van der Waals surface area contributed by atoms with Crippen LogP contribution in [0.15, 0.2) is 78.9 Å². The van der Waals surface area contributed by atoms with Crippen molar-refractivity contribution in [3.63, 3.8) is 0 Å². The summed E-state index contributed by atoms with van der Waals surface area (Å²) in [7, 11) is 0. The second-order valence-electron chi connectivity index (χ2n) is 9.34. The zero-order chi connectivity index (χ0) is 25.3. The van der Waals surface area contributed by atoms with Crippen LogP contribution < -0.4 is 0 Å². The van der Waals surface area contributed by atoms with E-state index in [1.54, 1.807) is 12.1 Å². The van der Waals surface area contributed by atoms with E-state index < -0.39 is 0 Å². The summed E-state index contributed by atoms with van der Waals surface area (Å²) in [5, 5.41) is 9.73. The van der Waals surface area contributed by atoms with E-state index >= 15 is 0 Å². The number of hydrogen-bond acceptors (Lipinski definition) is 3. The van der Waals surface area contributed by atoms with E-state index in [9.17, 15) is 9.50 Å². The number of aromatic nitrogens is 2. The number of unbranched alkanes of at least 4 members (excludes halogenated alkanes) is 2. The Balaban J connectivity index is 1.80. The molecule has 5 heteroatoms. The molecule has 0 radical (unpaired) electrons. The molecule has 4 rings (SSSR count). The maximum Gasteiger partial charge on any atom is 0.140 e. The number of benzene rings is 3. The Morgan fingerprint density at radius 2 is 1.50 bits per heavy atom. The smallest absolute Gasteiger partial charge is 0.140 e. The Hall–Kier alpha value is -3.44. The second-order valence-corrected chi connectivity index (χ2v) is 9.34. The van der Waals surface area contributed by atoms with Crippen LogP contribution in [0.5, 0.6) is 5.75 Å². The van der Waals surface area contributed by atoms with E-state index in [2.05, 4.69) is 35.4 Å². The number of hydrogen-bond donors (Lipinski definition) is 1. The average Bonchev–Trinajstić information content (AvgIpc) is 3.26. The van der Waals surface area contributed by atoms with Gasteiger partial charge in [0.2, 0.25) is 0 Å². The lowest BCUT2D eigenvalue weighted by Gasteiger charge is -2.24. The van der Waals surface area contributed by atoms with Crippen molar-refractivity contribution < 1.29 is 9.50 Å². The van der Waals surface area contributed by atoms with E-state index in [0.29, 0.717) is 0 Å². The highest BCUT2D eigenvalue weighted by Gasteiger charge is 2.22. The summed E-state index contributed by atoms with van der Waals surface area (Å²) in [5.74, 6) is 0.993. The zero-order valence-electron chi connectivity index (χ0n) is 21.3. The van der Waals surface area contributed by atoms with Crippen molar-refractivity contribution in [2.45, 2.75) is 59.2 Å². The fourth-order valence-corrected chi connectivity index (χ4v) is 4.52. The molecule has 0 bridgehead atoms. The average molecular weight is 486 g/mol. The first-order chi connectivity index (χ1) is 17.6. The van der Waals surface area contributed by atoms with Crippen LogP contribution in [-0.2, 0) is 19.6 Å². The first-order valence-corrected chi connectivity index (χ1v) is 13.0. The number of rotatable bonds is 12. The van der Waals surface area contributed by atoms with Gasteiger partial charge < -0.3 is 9.67 Å². The Morgan fingerprint density at radius 1 is 0.806 bits per heavy atom. The van der Waals surface area contributed by atoms with Crippen LogP contribution in [0.1, 0.15) is 50.8 Å². The molecule has 0 saturated heterocycles. The van der Waals surface area contributed by atoms with Gasteiger partial charge in [-0.1, -0.05) is 69.2 Å². The summed E-state index contributed by atoms with van der Waals surface area (Å²) in [6, 6.07) is 24.5. The highest BCUT2D eigenvalue weighted by Crippen LogP contribution is 2.31. The number of phenolic OH excluding ortho intramolecular Hbond substituents is 1. The normalized spacial score (nSPS) is 11.3. The van der Waals surface area contributed by atoms with Gasteiger partial charge in [0.05, 0.1) is 11.4 Å². The van der Waals surface area contributed by atoms with E-state index in [0.717, 1.165) is 85.8 Å². The largest absolute Gasteiger partial charge is 0.508 e. The third-order valence-electron chi connectivity index (χ3n) is 6.50. The molecule has 188 valence electrons. The van der Waals surface area contributed by atoms with Crippen LogP contribution in [0.4, 0.5) is 4.39 Å². The van der Waals surface area contributed by atoms with Crippen molar-refractivity contribution in [3.05, 3.63) is 95.9 Å². The molecule has 1 N–H and O–H groups in total. The Bertz CT molecular complexity index is 1220. The Morgan fingerprint density at radius 3 is 2.17 bits per heavy atom. The molecule has 0 aliphatic heterocycles. The van der Waals surface area contributed by atoms with Gasteiger partial charge in [-0.2, -0.15) is 0 Å². The monoisotopic (exact) mass is 485 g/mol. The predicted octanol–water partition coefficient (Wildman–Crippen LogP) is 7.66. The first kappa shape index (κ1) is 25.6. The molecule has 36 heavy (non-hydrogen) atoms. The van der Waals surface area contributed by atoms with Crippen molar-refractivity contribution in [2.24, 2.45) is 0 Å². The Kier molecular flexibility index (Phi) is 8.90. The molecular formula is C31H36FN3O. The number of halogens is 1. The van der Waals surface area contributed by atoms with Crippen molar-refractivity contribution in [2.75, 3.05) is 6.54 Å². The maximum atomic E-state index is 13.8. The lowest BCUT2D eigenvalue weighted by atomic mass is 10.1. The van der Waals surface area contributed by atoms with Crippen molar-refractivity contribution in [1.29, 1.82) is 0 Å². The SMILES string of the molecule is CCCCN(Cc1ccc(O)cc1)Cc1c(-c2ccc(F)cc2)nc(-c2ccccc2)n1CCCC. The highest BCUT2D eigenvalue weighted by molar-refractivity contribution is 5.68. The molecule has 0 spiro atoms. The molecule has 3 aromatic carbocycles. The fraction of sp³-hybridized carbons (Fsp3) is 0.323. The summed E-state index contributed by atoms with van der Waals surface area (Å²) in [6.45, 7) is 7.77. The number of imidazole rings is 1. The number of phenols is 1. The van der Waals surface area contributed by atoms with Crippen LogP contribution >= 0.6 is 0 Å². The number of aromatic hydroxyl groups is 1. The summed E-state index contributed by atoms with van der Waals surface area (Å²) in [5.41, 5.74) is 5.25. The molecule has 0 unspecified atom stereocenters. The van der Waals surface area contributed by atoms with Gasteiger partial charge in [0.1, 0.15) is 17.4 Å². The van der Waals surface area contributed by atoms with Gasteiger partial charge in [0.25, 0.3) is 0 Å². The minimum atomic E-state index is -0.245. The summed E-state index contributed by atoms with van der Waals surface area (Å²) in [6.07, 6.45) is 4.35. The summed E-state index contributed by atoms with van der Waals surface area (Å²) >= 11 is 0. The highest BCUT2D eigenvalue weighted by atomic mass is 19.1. The van der Waals surface area contributed by atoms with Gasteiger partial charge in [-0.25, -0.2) is 9.37 Å². The predicted molar refractivity (Wildman–Crippen MR) is 145 cm³/mol. The van der Waals surface area contributed by atoms with E-state index in [4.69, 9.17) is 4.98 Å². The molecule has 0 aliphatic rings. The molecule has 0 saturated carbocycles. The quantitative estimate of drug-likeness (QED) is 0.224. The Labute approximate surface area is 214 Å². The zero-order valence-corrected chi connectivity index (χ0v) is 21.3. The lowest BCUT2D eigenvalue weighted by Crippen LogP contribution is -2.26. The summed E-state index contributed by atoms with van der Waals surface area (Å²) < 4.78 is 16.2. The molecule has 0 amide bonds. The van der Waals surface area contributed by atoms with E-state index in [1.807, 2.05) is 42.5 Å². The molecule has 0 aliphatic carbocycles. The van der Waals surface area contributed by atoms with Gasteiger partial charge in [-0.3, -0.25) is 4.90 Å². The molecule has 4 aromatic rings. The number of nitrogens with zero attached hydrogens (tertiary/aromatic N) is 3. The van der Waals surface area contributed by atoms with Crippen LogP contribution in [0.2, 0.25) is 0 Å². The molecule has 1 heterocycles. The third-order valence-corrected chi connectivity index (χ3v) is 6.50. The van der Waals surface area contributed by atoms with Gasteiger partial charge in [0, 0.05) is 30.8 Å². The van der Waals surface area contributed by atoms with E-state index in [1.165, 1.54) is 12.1 Å². The summed E-state index contributed by atoms with van der Waals surface area (Å²) in [4.78, 5) is 7.62. The van der Waals surface area contributed by atoms with Crippen molar-refractivity contribution >= 4 is 0 Å². The fourth-order valence-electron chi connectivity index (χ4n) is 4.52. The van der Waals surface area contributed by atoms with Gasteiger partial charge in [-0.05, 0) is 61.3 Å². The third kappa shape index (κ3) is 6.41. The van der Waals surface area contributed by atoms with Crippen molar-refractivity contribution in [3.8, 4) is 28.4 Å².